The van der Waals surface area contributed by atoms with Crippen LogP contribution in [0.15, 0.2) is 34.2 Å². The molecule has 7 heteroatoms. The van der Waals surface area contributed by atoms with Crippen molar-refractivity contribution in [1.29, 1.82) is 0 Å². The van der Waals surface area contributed by atoms with Crippen LogP contribution in [0, 0.1) is 5.92 Å². The van der Waals surface area contributed by atoms with Crippen molar-refractivity contribution in [2.75, 3.05) is 13.6 Å². The number of rotatable bonds is 8. The third-order valence-corrected chi connectivity index (χ3v) is 5.84. The maximum Gasteiger partial charge on any atom is 0.243 e. The largest absolute Gasteiger partial charge is 0.370 e. The fourth-order valence-corrected chi connectivity index (χ4v) is 3.30. The summed E-state index contributed by atoms with van der Waals surface area (Å²) in [5.74, 6) is 1.02. The van der Waals surface area contributed by atoms with E-state index in [-0.39, 0.29) is 10.9 Å². The number of guanidine groups is 1. The highest BCUT2D eigenvalue weighted by atomic mass is 32.2. The minimum atomic E-state index is -3.45. The number of nitrogens with zero attached hydrogens (tertiary/aromatic N) is 2. The van der Waals surface area contributed by atoms with Crippen molar-refractivity contribution >= 4 is 16.0 Å². The molecule has 0 bridgehead atoms. The molecule has 24 heavy (non-hydrogen) atoms. The Bertz CT molecular complexity index is 637. The Morgan fingerprint density at radius 1 is 1.21 bits per heavy atom. The predicted octanol–water partition coefficient (Wildman–Crippen LogP) is 2.17. The summed E-state index contributed by atoms with van der Waals surface area (Å²) in [6.45, 7) is 9.21. The zero-order valence-electron chi connectivity index (χ0n) is 15.3. The monoisotopic (exact) mass is 354 g/mol. The van der Waals surface area contributed by atoms with Gasteiger partial charge in [0.25, 0.3) is 0 Å². The van der Waals surface area contributed by atoms with E-state index >= 15 is 0 Å². The standard InChI is InChI=1S/C17H30N4O2S/c1-13(2)10-11-19-17(18)20-12-15-6-8-16(9-7-15)24(22,23)21(5)14(3)4/h6-9,13-14H,10-12H2,1-5H3,(H3,18,19,20). The normalized spacial score (nSPS) is 13.1. The number of hydrogen-bond acceptors (Lipinski definition) is 3. The average Bonchev–Trinajstić information content (AvgIpc) is 2.52. The molecule has 0 aliphatic rings. The fourth-order valence-electron chi connectivity index (χ4n) is 1.93. The van der Waals surface area contributed by atoms with Gasteiger partial charge in [-0.3, -0.25) is 0 Å². The maximum atomic E-state index is 12.4. The number of aliphatic imine (C=N–C) groups is 1. The lowest BCUT2D eigenvalue weighted by Gasteiger charge is -2.21. The van der Waals surface area contributed by atoms with Crippen molar-refractivity contribution in [2.45, 2.75) is 51.6 Å². The van der Waals surface area contributed by atoms with E-state index in [1.165, 1.54) is 4.31 Å². The predicted molar refractivity (Wildman–Crippen MR) is 99.3 cm³/mol. The molecule has 0 atom stereocenters. The third-order valence-electron chi connectivity index (χ3n) is 3.79. The number of nitrogens with one attached hydrogen (secondary N) is 1. The summed E-state index contributed by atoms with van der Waals surface area (Å²) in [6.07, 6.45) is 1.03. The second-order valence-electron chi connectivity index (χ2n) is 6.57. The Hall–Kier alpha value is -1.60. The lowest BCUT2D eigenvalue weighted by atomic mass is 10.1. The van der Waals surface area contributed by atoms with Gasteiger partial charge in [-0.15, -0.1) is 0 Å². The quantitative estimate of drug-likeness (QED) is 0.553. The Labute approximate surface area is 146 Å². The van der Waals surface area contributed by atoms with Gasteiger partial charge in [0, 0.05) is 19.6 Å². The highest BCUT2D eigenvalue weighted by molar-refractivity contribution is 7.89. The Morgan fingerprint density at radius 2 is 1.79 bits per heavy atom. The summed E-state index contributed by atoms with van der Waals surface area (Å²) < 4.78 is 26.1. The molecule has 0 unspecified atom stereocenters. The van der Waals surface area contributed by atoms with Gasteiger partial charge in [-0.1, -0.05) is 26.0 Å². The van der Waals surface area contributed by atoms with Gasteiger partial charge in [-0.25, -0.2) is 13.4 Å². The summed E-state index contributed by atoms with van der Waals surface area (Å²) in [5, 5.41) is 3.07. The van der Waals surface area contributed by atoms with Crippen LogP contribution in [0.5, 0.6) is 0 Å². The molecule has 6 nitrogen and oxygen atoms in total. The lowest BCUT2D eigenvalue weighted by Crippen LogP contribution is -2.33. The molecule has 0 aliphatic carbocycles. The van der Waals surface area contributed by atoms with Crippen molar-refractivity contribution in [1.82, 2.24) is 9.62 Å². The minimum absolute atomic E-state index is 0.0870. The van der Waals surface area contributed by atoms with Crippen molar-refractivity contribution in [3.05, 3.63) is 29.8 Å². The number of nitrogens with two attached hydrogens (primary N) is 1. The van der Waals surface area contributed by atoms with E-state index in [1.807, 2.05) is 13.8 Å². The Morgan fingerprint density at radius 3 is 2.29 bits per heavy atom. The maximum absolute atomic E-state index is 12.4. The van der Waals surface area contributed by atoms with Crippen LogP contribution in [0.2, 0.25) is 0 Å². The molecular weight excluding hydrogens is 324 g/mol. The van der Waals surface area contributed by atoms with Gasteiger partial charge in [0.05, 0.1) is 11.4 Å². The molecule has 0 fully saturated rings. The number of hydrogen-bond donors (Lipinski definition) is 2. The van der Waals surface area contributed by atoms with Crippen LogP contribution in [0.1, 0.15) is 39.7 Å². The van der Waals surface area contributed by atoms with E-state index in [4.69, 9.17) is 5.73 Å². The first-order valence-electron chi connectivity index (χ1n) is 8.25. The average molecular weight is 355 g/mol. The zero-order valence-corrected chi connectivity index (χ0v) is 16.1. The summed E-state index contributed by atoms with van der Waals surface area (Å²) in [5.41, 5.74) is 6.73. The Balaban J connectivity index is 2.68. The molecule has 0 aromatic heterocycles. The minimum Gasteiger partial charge on any atom is -0.370 e. The second-order valence-corrected chi connectivity index (χ2v) is 8.57. The van der Waals surface area contributed by atoms with E-state index < -0.39 is 10.0 Å². The zero-order chi connectivity index (χ0) is 18.3. The lowest BCUT2D eigenvalue weighted by molar-refractivity contribution is 0.410. The van der Waals surface area contributed by atoms with Gasteiger partial charge in [0.2, 0.25) is 10.0 Å². The Kier molecular flexibility index (Phi) is 7.69. The highest BCUT2D eigenvalue weighted by Crippen LogP contribution is 2.17. The molecule has 0 heterocycles. The molecule has 0 amide bonds. The third kappa shape index (κ3) is 6.13. The van der Waals surface area contributed by atoms with E-state index in [0.29, 0.717) is 18.4 Å². The molecule has 1 aromatic rings. The van der Waals surface area contributed by atoms with Crippen LogP contribution >= 0.6 is 0 Å². The van der Waals surface area contributed by atoms with Gasteiger partial charge < -0.3 is 11.1 Å². The van der Waals surface area contributed by atoms with Crippen molar-refractivity contribution < 1.29 is 8.42 Å². The first-order chi connectivity index (χ1) is 11.1. The van der Waals surface area contributed by atoms with Gasteiger partial charge in [-0.2, -0.15) is 4.31 Å². The molecule has 0 saturated heterocycles. The number of benzene rings is 1. The summed E-state index contributed by atoms with van der Waals surface area (Å²) >= 11 is 0. The first-order valence-corrected chi connectivity index (χ1v) is 9.69. The van der Waals surface area contributed by atoms with Crippen LogP contribution in [-0.4, -0.2) is 38.3 Å². The molecular formula is C17H30N4O2S. The van der Waals surface area contributed by atoms with Gasteiger partial charge in [-0.05, 0) is 43.9 Å². The molecule has 1 rings (SSSR count). The van der Waals surface area contributed by atoms with E-state index in [2.05, 4.69) is 24.2 Å². The van der Waals surface area contributed by atoms with Gasteiger partial charge >= 0.3 is 0 Å². The highest BCUT2D eigenvalue weighted by Gasteiger charge is 2.22. The molecule has 0 saturated carbocycles. The van der Waals surface area contributed by atoms with Crippen molar-refractivity contribution in [3.63, 3.8) is 0 Å². The SMILES string of the molecule is CC(C)CCNC(N)=NCc1ccc(S(=O)(=O)N(C)C(C)C)cc1. The van der Waals surface area contributed by atoms with Crippen molar-refractivity contribution in [3.8, 4) is 0 Å². The molecule has 0 radical (unpaired) electrons. The molecule has 0 spiro atoms. The van der Waals surface area contributed by atoms with Crippen LogP contribution in [-0.2, 0) is 16.6 Å². The van der Waals surface area contributed by atoms with Crippen LogP contribution < -0.4 is 11.1 Å². The first kappa shape index (κ1) is 20.4. The smallest absolute Gasteiger partial charge is 0.243 e. The molecule has 136 valence electrons. The van der Waals surface area contributed by atoms with E-state index in [0.717, 1.165) is 18.5 Å². The summed E-state index contributed by atoms with van der Waals surface area (Å²) in [4.78, 5) is 4.56. The van der Waals surface area contributed by atoms with E-state index in [9.17, 15) is 8.42 Å². The fraction of sp³-hybridized carbons (Fsp3) is 0.588. The summed E-state index contributed by atoms with van der Waals surface area (Å²) in [7, 11) is -1.86. The topological polar surface area (TPSA) is 87.8 Å². The molecule has 3 N–H and O–H groups in total. The van der Waals surface area contributed by atoms with Crippen LogP contribution in [0.25, 0.3) is 0 Å². The van der Waals surface area contributed by atoms with Crippen LogP contribution in [0.4, 0.5) is 0 Å². The summed E-state index contributed by atoms with van der Waals surface area (Å²) in [6, 6.07) is 6.68. The molecule has 0 aliphatic heterocycles. The van der Waals surface area contributed by atoms with Crippen molar-refractivity contribution in [2.24, 2.45) is 16.6 Å². The van der Waals surface area contributed by atoms with E-state index in [1.54, 1.807) is 31.3 Å². The van der Waals surface area contributed by atoms with Crippen LogP contribution in [0.3, 0.4) is 0 Å². The van der Waals surface area contributed by atoms with Gasteiger partial charge in [0.1, 0.15) is 0 Å². The van der Waals surface area contributed by atoms with Gasteiger partial charge in [0.15, 0.2) is 5.96 Å². The second kappa shape index (κ2) is 9.03. The molecule has 1 aromatic carbocycles. The number of sulfonamides is 1.